The van der Waals surface area contributed by atoms with Gasteiger partial charge in [-0.05, 0) is 50.9 Å². The van der Waals surface area contributed by atoms with E-state index in [0.29, 0.717) is 0 Å². The summed E-state index contributed by atoms with van der Waals surface area (Å²) in [4.78, 5) is 15.3. The van der Waals surface area contributed by atoms with Crippen LogP contribution in [0, 0.1) is 6.92 Å². The molecule has 114 valence electrons. The minimum Gasteiger partial charge on any atom is -0.347 e. The molecule has 0 fully saturated rings. The van der Waals surface area contributed by atoms with Crippen LogP contribution < -0.4 is 0 Å². The number of imidazole rings is 1. The number of fused-ring (bicyclic) bond motifs is 1. The Morgan fingerprint density at radius 3 is 2.29 bits per heavy atom. The minimum atomic E-state index is 0.846. The van der Waals surface area contributed by atoms with E-state index in [2.05, 4.69) is 51.8 Å². The summed E-state index contributed by atoms with van der Waals surface area (Å²) in [6.07, 6.45) is 1.78. The first-order chi connectivity index (χ1) is 10.1. The highest BCUT2D eigenvalue weighted by molar-refractivity contribution is 9.13. The largest absolute Gasteiger partial charge is 0.347 e. The molecular weight excluding hydrogens is 396 g/mol. The highest BCUT2D eigenvalue weighted by Gasteiger charge is 2.12. The number of aromatic nitrogens is 4. The van der Waals surface area contributed by atoms with Crippen LogP contribution in [-0.2, 0) is 0 Å². The van der Waals surface area contributed by atoms with E-state index in [1.54, 1.807) is 6.20 Å². The Morgan fingerprint density at radius 1 is 1.05 bits per heavy atom. The number of nitrogens with zero attached hydrogens (tertiary/aromatic N) is 2. The van der Waals surface area contributed by atoms with Crippen molar-refractivity contribution in [1.82, 2.24) is 19.9 Å². The number of pyridine rings is 1. The van der Waals surface area contributed by atoms with E-state index in [1.165, 1.54) is 0 Å². The molecule has 0 unspecified atom stereocenters. The summed E-state index contributed by atoms with van der Waals surface area (Å²) in [5.41, 5.74) is 3.65. The lowest BCUT2D eigenvalue weighted by molar-refractivity contribution is 1.17. The molecule has 0 aromatic carbocycles. The molecule has 2 N–H and O–H groups in total. The molecule has 0 bridgehead atoms. The van der Waals surface area contributed by atoms with Crippen molar-refractivity contribution in [1.29, 1.82) is 0 Å². The van der Waals surface area contributed by atoms with Gasteiger partial charge in [-0.25, -0.2) is 4.98 Å². The second kappa shape index (κ2) is 8.34. The molecule has 0 radical (unpaired) electrons. The van der Waals surface area contributed by atoms with Gasteiger partial charge in [-0.15, -0.1) is 0 Å². The van der Waals surface area contributed by atoms with E-state index in [9.17, 15) is 0 Å². The molecule has 0 aliphatic heterocycles. The summed E-state index contributed by atoms with van der Waals surface area (Å²) in [7, 11) is 0. The maximum Gasteiger partial charge on any atom is 0.116 e. The van der Waals surface area contributed by atoms with E-state index >= 15 is 0 Å². The van der Waals surface area contributed by atoms with Crippen LogP contribution in [0.1, 0.15) is 33.5 Å². The van der Waals surface area contributed by atoms with E-state index < -0.39 is 0 Å². The van der Waals surface area contributed by atoms with Crippen LogP contribution in [0.5, 0.6) is 0 Å². The summed E-state index contributed by atoms with van der Waals surface area (Å²) >= 11 is 6.87. The Kier molecular flexibility index (Phi) is 7.11. The monoisotopic (exact) mass is 414 g/mol. The van der Waals surface area contributed by atoms with Gasteiger partial charge in [0.05, 0.1) is 20.3 Å². The number of aromatic amines is 2. The standard InChI is InChI=1S/C11H8Br2N4.2C2H6/c1-5-15-7-2-3-14-9(10(7)16-5)8-4-6(12)11(13)17-8;2*1-2/h2-4,17H,1H3,(H,15,16);2*1-2H3. The third kappa shape index (κ3) is 3.95. The summed E-state index contributed by atoms with van der Waals surface area (Å²) in [6.45, 7) is 9.93. The maximum absolute atomic E-state index is 4.46. The number of rotatable bonds is 1. The fraction of sp³-hybridized carbons (Fsp3) is 0.333. The van der Waals surface area contributed by atoms with Crippen molar-refractivity contribution >= 4 is 42.9 Å². The molecule has 0 amide bonds. The fourth-order valence-electron chi connectivity index (χ4n) is 1.79. The maximum atomic E-state index is 4.46. The molecule has 3 rings (SSSR count). The van der Waals surface area contributed by atoms with Crippen molar-refractivity contribution in [2.45, 2.75) is 34.6 Å². The lowest BCUT2D eigenvalue weighted by Crippen LogP contribution is -1.85. The molecule has 0 aliphatic carbocycles. The van der Waals surface area contributed by atoms with Crippen LogP contribution >= 0.6 is 31.9 Å². The van der Waals surface area contributed by atoms with E-state index in [-0.39, 0.29) is 0 Å². The summed E-state index contributed by atoms with van der Waals surface area (Å²) in [5, 5.41) is 0. The van der Waals surface area contributed by atoms with Gasteiger partial charge in [0.15, 0.2) is 0 Å². The van der Waals surface area contributed by atoms with Crippen LogP contribution in [0.2, 0.25) is 0 Å². The number of nitrogens with one attached hydrogen (secondary N) is 2. The Labute approximate surface area is 142 Å². The van der Waals surface area contributed by atoms with Crippen LogP contribution in [-0.4, -0.2) is 19.9 Å². The number of aryl methyl sites for hydroxylation is 1. The number of H-pyrrole nitrogens is 2. The predicted molar refractivity (Wildman–Crippen MR) is 96.5 cm³/mol. The molecule has 3 aromatic heterocycles. The minimum absolute atomic E-state index is 0.846. The molecule has 3 aromatic rings. The van der Waals surface area contributed by atoms with Crippen LogP contribution in [0.4, 0.5) is 0 Å². The SMILES string of the molecule is CC.CC.Cc1nc2c(-c3cc(Br)c(Br)[nH]3)nccc2[nH]1. The zero-order valence-electron chi connectivity index (χ0n) is 12.9. The summed E-state index contributed by atoms with van der Waals surface area (Å²) in [5.74, 6) is 0.888. The average molecular weight is 416 g/mol. The third-order valence-electron chi connectivity index (χ3n) is 2.50. The zero-order valence-corrected chi connectivity index (χ0v) is 16.1. The lowest BCUT2D eigenvalue weighted by atomic mass is 10.2. The van der Waals surface area contributed by atoms with Gasteiger partial charge in [0.25, 0.3) is 0 Å². The molecule has 21 heavy (non-hydrogen) atoms. The second-order valence-corrected chi connectivity index (χ2v) is 5.37. The van der Waals surface area contributed by atoms with Gasteiger partial charge in [0.2, 0.25) is 0 Å². The van der Waals surface area contributed by atoms with Gasteiger partial charge in [-0.3, -0.25) is 4.98 Å². The van der Waals surface area contributed by atoms with Crippen LogP contribution in [0.3, 0.4) is 0 Å². The molecule has 6 heteroatoms. The molecule has 0 atom stereocenters. The Balaban J connectivity index is 0.000000510. The summed E-state index contributed by atoms with van der Waals surface area (Å²) in [6, 6.07) is 3.90. The molecular formula is C15H20Br2N4. The quantitative estimate of drug-likeness (QED) is 0.524. The molecule has 0 spiro atoms. The first-order valence-corrected chi connectivity index (χ1v) is 8.59. The van der Waals surface area contributed by atoms with Gasteiger partial charge in [-0.1, -0.05) is 27.7 Å². The zero-order chi connectivity index (χ0) is 16.0. The first kappa shape index (κ1) is 17.9. The molecule has 0 saturated heterocycles. The Hall–Kier alpha value is -1.14. The Morgan fingerprint density at radius 2 is 1.71 bits per heavy atom. The van der Waals surface area contributed by atoms with Crippen molar-refractivity contribution in [2.24, 2.45) is 0 Å². The molecule has 0 saturated carbocycles. The summed E-state index contributed by atoms with van der Waals surface area (Å²) < 4.78 is 1.87. The van der Waals surface area contributed by atoms with Crippen LogP contribution in [0.15, 0.2) is 27.4 Å². The van der Waals surface area contributed by atoms with Crippen molar-refractivity contribution in [3.05, 3.63) is 33.2 Å². The van der Waals surface area contributed by atoms with Crippen molar-refractivity contribution in [3.63, 3.8) is 0 Å². The van der Waals surface area contributed by atoms with Crippen molar-refractivity contribution in [2.75, 3.05) is 0 Å². The van der Waals surface area contributed by atoms with Crippen molar-refractivity contribution < 1.29 is 0 Å². The Bertz CT molecular complexity index is 681. The van der Waals surface area contributed by atoms with Crippen molar-refractivity contribution in [3.8, 4) is 11.4 Å². The van der Waals surface area contributed by atoms with Crippen LogP contribution in [0.25, 0.3) is 22.4 Å². The van der Waals surface area contributed by atoms with E-state index in [4.69, 9.17) is 0 Å². The lowest BCUT2D eigenvalue weighted by Gasteiger charge is -1.97. The first-order valence-electron chi connectivity index (χ1n) is 7.01. The van der Waals surface area contributed by atoms with Gasteiger partial charge in [0, 0.05) is 6.20 Å². The molecule has 3 heterocycles. The number of hydrogen-bond donors (Lipinski definition) is 2. The predicted octanol–water partition coefficient (Wildman–Crippen LogP) is 5.84. The highest BCUT2D eigenvalue weighted by atomic mass is 79.9. The highest BCUT2D eigenvalue weighted by Crippen LogP contribution is 2.30. The fourth-order valence-corrected chi connectivity index (χ4v) is 2.44. The second-order valence-electron chi connectivity index (χ2n) is 3.72. The molecule has 4 nitrogen and oxygen atoms in total. The van der Waals surface area contributed by atoms with Gasteiger partial charge < -0.3 is 9.97 Å². The molecule has 0 aliphatic rings. The number of hydrogen-bond acceptors (Lipinski definition) is 2. The normalized spacial score (nSPS) is 9.67. The number of halogens is 2. The topological polar surface area (TPSA) is 57.4 Å². The third-order valence-corrected chi connectivity index (χ3v) is 4.28. The van der Waals surface area contributed by atoms with E-state index in [1.807, 2.05) is 46.8 Å². The average Bonchev–Trinajstić information content (AvgIpc) is 3.05. The smallest absolute Gasteiger partial charge is 0.116 e. The van der Waals surface area contributed by atoms with E-state index in [0.717, 1.165) is 37.3 Å². The van der Waals surface area contributed by atoms with Gasteiger partial charge in [0.1, 0.15) is 17.0 Å². The van der Waals surface area contributed by atoms with Gasteiger partial charge in [-0.2, -0.15) is 0 Å². The van der Waals surface area contributed by atoms with Gasteiger partial charge >= 0.3 is 0 Å².